The van der Waals surface area contributed by atoms with E-state index in [2.05, 4.69) is 10.4 Å². The van der Waals surface area contributed by atoms with Crippen molar-refractivity contribution in [3.63, 3.8) is 0 Å². The molecule has 0 aliphatic heterocycles. The molecule has 1 amide bonds. The van der Waals surface area contributed by atoms with E-state index in [4.69, 9.17) is 0 Å². The molecule has 0 atom stereocenters. The topological polar surface area (TPSA) is 68.9 Å². The molecular formula is C17H22N4O2. The molecule has 1 aliphatic carbocycles. The minimum atomic E-state index is -0.107. The van der Waals surface area contributed by atoms with E-state index in [-0.39, 0.29) is 11.5 Å². The number of hydrogen-bond acceptors (Lipinski definition) is 3. The zero-order valence-corrected chi connectivity index (χ0v) is 13.4. The summed E-state index contributed by atoms with van der Waals surface area (Å²) in [6.45, 7) is 1.13. The first-order valence-electron chi connectivity index (χ1n) is 8.15. The maximum atomic E-state index is 12.4. The first kappa shape index (κ1) is 15.5. The van der Waals surface area contributed by atoms with Gasteiger partial charge in [-0.3, -0.25) is 14.3 Å². The summed E-state index contributed by atoms with van der Waals surface area (Å²) in [5, 5.41) is 7.31. The number of rotatable bonds is 5. The summed E-state index contributed by atoms with van der Waals surface area (Å²) in [7, 11) is 1.91. The molecule has 1 N–H and O–H groups in total. The van der Waals surface area contributed by atoms with Crippen LogP contribution in [0.3, 0.4) is 0 Å². The van der Waals surface area contributed by atoms with Crippen molar-refractivity contribution in [3.05, 3.63) is 51.7 Å². The van der Waals surface area contributed by atoms with Crippen molar-refractivity contribution < 1.29 is 4.79 Å². The molecule has 6 heteroatoms. The minimum Gasteiger partial charge on any atom is -0.351 e. The fourth-order valence-corrected chi connectivity index (χ4v) is 3.14. The molecular weight excluding hydrogens is 292 g/mol. The van der Waals surface area contributed by atoms with Crippen molar-refractivity contribution in [2.45, 2.75) is 38.6 Å². The highest BCUT2D eigenvalue weighted by atomic mass is 16.2. The van der Waals surface area contributed by atoms with E-state index < -0.39 is 0 Å². The summed E-state index contributed by atoms with van der Waals surface area (Å²) >= 11 is 0. The summed E-state index contributed by atoms with van der Waals surface area (Å²) < 4.78 is 3.49. The van der Waals surface area contributed by atoms with Gasteiger partial charge in [-0.15, -0.1) is 0 Å². The number of aromatic nitrogens is 3. The Morgan fingerprint density at radius 3 is 2.96 bits per heavy atom. The first-order valence-corrected chi connectivity index (χ1v) is 8.15. The molecule has 0 unspecified atom stereocenters. The molecule has 0 saturated heterocycles. The predicted octanol–water partition coefficient (Wildman–Crippen LogP) is 1.28. The largest absolute Gasteiger partial charge is 0.351 e. The molecule has 3 rings (SSSR count). The second-order valence-electron chi connectivity index (χ2n) is 5.95. The molecule has 0 bridgehead atoms. The quantitative estimate of drug-likeness (QED) is 0.845. The highest BCUT2D eigenvalue weighted by Crippen LogP contribution is 2.23. The molecule has 2 heterocycles. The SMILES string of the molecule is Cn1nc(C(=O)NCCCn2ccccc2=O)c2c1CCCC2. The lowest BCUT2D eigenvalue weighted by molar-refractivity contribution is 0.0946. The minimum absolute atomic E-state index is 0.0161. The molecule has 0 spiro atoms. The van der Waals surface area contributed by atoms with Crippen molar-refractivity contribution >= 4 is 5.91 Å². The van der Waals surface area contributed by atoms with Gasteiger partial charge in [0.2, 0.25) is 5.56 Å². The third-order valence-electron chi connectivity index (χ3n) is 4.34. The van der Waals surface area contributed by atoms with Crippen LogP contribution in [0.1, 0.15) is 41.0 Å². The van der Waals surface area contributed by atoms with Gasteiger partial charge in [0.15, 0.2) is 5.69 Å². The Balaban J connectivity index is 1.56. The van der Waals surface area contributed by atoms with Crippen molar-refractivity contribution in [1.29, 1.82) is 0 Å². The highest BCUT2D eigenvalue weighted by molar-refractivity contribution is 5.94. The highest BCUT2D eigenvalue weighted by Gasteiger charge is 2.23. The number of nitrogens with one attached hydrogen (secondary N) is 1. The fourth-order valence-electron chi connectivity index (χ4n) is 3.14. The van der Waals surface area contributed by atoms with Gasteiger partial charge >= 0.3 is 0 Å². The molecule has 2 aromatic rings. The number of pyridine rings is 1. The maximum Gasteiger partial charge on any atom is 0.272 e. The van der Waals surface area contributed by atoms with E-state index >= 15 is 0 Å². The van der Waals surface area contributed by atoms with E-state index in [0.29, 0.717) is 25.2 Å². The Morgan fingerprint density at radius 1 is 1.30 bits per heavy atom. The van der Waals surface area contributed by atoms with Gasteiger partial charge in [0.05, 0.1) is 0 Å². The molecule has 122 valence electrons. The van der Waals surface area contributed by atoms with Crippen molar-refractivity contribution in [2.24, 2.45) is 7.05 Å². The van der Waals surface area contributed by atoms with Crippen LogP contribution in [0.15, 0.2) is 29.2 Å². The number of nitrogens with zero attached hydrogens (tertiary/aromatic N) is 3. The standard InChI is InChI=1S/C17H22N4O2/c1-20-14-8-3-2-7-13(14)16(19-20)17(23)18-10-6-12-21-11-5-4-9-15(21)22/h4-5,9,11H,2-3,6-8,10,12H2,1H3,(H,18,23). The van der Waals surface area contributed by atoms with Crippen LogP contribution in [0.25, 0.3) is 0 Å². The van der Waals surface area contributed by atoms with E-state index in [9.17, 15) is 9.59 Å². The first-order chi connectivity index (χ1) is 11.2. The Bertz CT molecular complexity index is 760. The third kappa shape index (κ3) is 3.36. The summed E-state index contributed by atoms with van der Waals surface area (Å²) in [4.78, 5) is 23.9. The van der Waals surface area contributed by atoms with Crippen LogP contribution in [0.4, 0.5) is 0 Å². The van der Waals surface area contributed by atoms with Gasteiger partial charge in [-0.1, -0.05) is 6.07 Å². The van der Waals surface area contributed by atoms with Gasteiger partial charge in [-0.05, 0) is 38.2 Å². The van der Waals surface area contributed by atoms with Crippen LogP contribution < -0.4 is 10.9 Å². The average molecular weight is 314 g/mol. The molecule has 23 heavy (non-hydrogen) atoms. The van der Waals surface area contributed by atoms with Gasteiger partial charge < -0.3 is 9.88 Å². The third-order valence-corrected chi connectivity index (χ3v) is 4.34. The van der Waals surface area contributed by atoms with Crippen molar-refractivity contribution in [3.8, 4) is 0 Å². The molecule has 1 aliphatic rings. The fraction of sp³-hybridized carbons (Fsp3) is 0.471. The summed E-state index contributed by atoms with van der Waals surface area (Å²) in [6.07, 6.45) is 6.70. The molecule has 0 radical (unpaired) electrons. The Hall–Kier alpha value is -2.37. The van der Waals surface area contributed by atoms with Crippen molar-refractivity contribution in [2.75, 3.05) is 6.54 Å². The Kier molecular flexibility index (Phi) is 4.60. The predicted molar refractivity (Wildman–Crippen MR) is 87.5 cm³/mol. The van der Waals surface area contributed by atoms with Crippen LogP contribution in [0, 0.1) is 0 Å². The molecule has 6 nitrogen and oxygen atoms in total. The van der Waals surface area contributed by atoms with Gasteiger partial charge in [0, 0.05) is 43.7 Å². The van der Waals surface area contributed by atoms with E-state index in [1.54, 1.807) is 22.9 Å². The Morgan fingerprint density at radius 2 is 2.13 bits per heavy atom. The summed E-state index contributed by atoms with van der Waals surface area (Å²) in [5.41, 5.74) is 2.85. The molecule has 2 aromatic heterocycles. The van der Waals surface area contributed by atoms with Crippen LogP contribution >= 0.6 is 0 Å². The number of amides is 1. The van der Waals surface area contributed by atoms with Gasteiger partial charge in [-0.2, -0.15) is 5.10 Å². The Labute approximate surface area is 135 Å². The summed E-state index contributed by atoms with van der Waals surface area (Å²) in [6, 6.07) is 5.10. The molecule has 0 aromatic carbocycles. The van der Waals surface area contributed by atoms with Crippen LogP contribution in [0.2, 0.25) is 0 Å². The second-order valence-corrected chi connectivity index (χ2v) is 5.95. The lowest BCUT2D eigenvalue weighted by atomic mass is 9.95. The smallest absolute Gasteiger partial charge is 0.272 e. The number of carbonyl (C=O) groups is 1. The van der Waals surface area contributed by atoms with Crippen molar-refractivity contribution in [1.82, 2.24) is 19.7 Å². The molecule has 0 saturated carbocycles. The second kappa shape index (κ2) is 6.81. The summed E-state index contributed by atoms with van der Waals surface area (Å²) in [5.74, 6) is -0.107. The number of carbonyl (C=O) groups excluding carboxylic acids is 1. The van der Waals surface area contributed by atoms with Crippen LogP contribution in [0.5, 0.6) is 0 Å². The van der Waals surface area contributed by atoms with Gasteiger partial charge in [0.25, 0.3) is 5.91 Å². The zero-order valence-electron chi connectivity index (χ0n) is 13.4. The lowest BCUT2D eigenvalue weighted by Gasteiger charge is -2.12. The van der Waals surface area contributed by atoms with E-state index in [0.717, 1.165) is 24.8 Å². The van der Waals surface area contributed by atoms with E-state index in [1.807, 2.05) is 17.8 Å². The average Bonchev–Trinajstić information content (AvgIpc) is 2.90. The number of fused-ring (bicyclic) bond motifs is 1. The zero-order chi connectivity index (χ0) is 16.2. The van der Waals surface area contributed by atoms with Gasteiger partial charge in [-0.25, -0.2) is 0 Å². The maximum absolute atomic E-state index is 12.4. The van der Waals surface area contributed by atoms with Crippen LogP contribution in [-0.2, 0) is 26.4 Å². The number of aryl methyl sites for hydroxylation is 2. The monoisotopic (exact) mass is 314 g/mol. The number of hydrogen-bond donors (Lipinski definition) is 1. The van der Waals surface area contributed by atoms with Crippen LogP contribution in [-0.4, -0.2) is 26.8 Å². The normalized spacial score (nSPS) is 13.6. The van der Waals surface area contributed by atoms with Gasteiger partial charge in [0.1, 0.15) is 0 Å². The lowest BCUT2D eigenvalue weighted by Crippen LogP contribution is -2.28. The van der Waals surface area contributed by atoms with E-state index in [1.165, 1.54) is 12.1 Å². The molecule has 0 fully saturated rings.